The Morgan fingerprint density at radius 3 is 2.59 bits per heavy atom. The van der Waals surface area contributed by atoms with Crippen LogP contribution in [0.15, 0.2) is 75.4 Å². The summed E-state index contributed by atoms with van der Waals surface area (Å²) in [6, 6.07) is 15.8. The van der Waals surface area contributed by atoms with Gasteiger partial charge in [-0.3, -0.25) is 14.5 Å². The number of amides is 1. The minimum Gasteiger partial charge on any atom is -0.289 e. The number of amidine groups is 1. The average molecular weight is 511 g/mol. The van der Waals surface area contributed by atoms with Crippen LogP contribution in [0.25, 0.3) is 0 Å². The number of aryl methyl sites for hydroxylation is 1. The molecule has 2 aliphatic rings. The Kier molecular flexibility index (Phi) is 5.83. The zero-order valence-electron chi connectivity index (χ0n) is 18.1. The molecule has 0 radical (unpaired) electrons. The Hall–Kier alpha value is -2.94. The van der Waals surface area contributed by atoms with Gasteiger partial charge in [0.05, 0.1) is 15.5 Å². The summed E-state index contributed by atoms with van der Waals surface area (Å²) in [4.78, 5) is 32.4. The maximum atomic E-state index is 13.5. The quantitative estimate of drug-likeness (QED) is 0.365. The van der Waals surface area contributed by atoms with E-state index in [0.29, 0.717) is 22.4 Å². The molecule has 1 saturated heterocycles. The molecule has 1 amide bonds. The van der Waals surface area contributed by atoms with Gasteiger partial charge in [-0.15, -0.1) is 0 Å². The van der Waals surface area contributed by atoms with Gasteiger partial charge in [0.1, 0.15) is 0 Å². The zero-order valence-corrected chi connectivity index (χ0v) is 20.5. The molecule has 5 rings (SSSR count). The van der Waals surface area contributed by atoms with Crippen molar-refractivity contribution in [1.29, 1.82) is 0 Å². The third-order valence-corrected chi connectivity index (χ3v) is 9.12. The molecule has 0 aromatic heterocycles. The number of aliphatic imine (C=N–C) groups is 1. The smallest absolute Gasteiger partial charge is 0.259 e. The lowest BCUT2D eigenvalue weighted by Crippen LogP contribution is -2.39. The summed E-state index contributed by atoms with van der Waals surface area (Å²) in [5, 5.41) is 1.11. The van der Waals surface area contributed by atoms with E-state index in [1.54, 1.807) is 23.1 Å². The van der Waals surface area contributed by atoms with Crippen molar-refractivity contribution in [2.45, 2.75) is 23.1 Å². The highest BCUT2D eigenvalue weighted by Gasteiger charge is 2.36. The van der Waals surface area contributed by atoms with E-state index in [1.165, 1.54) is 42.1 Å². The first-order valence-corrected chi connectivity index (χ1v) is 13.4. The number of carbonyl (C=O) groups is 2. The molecular formula is C25H19ClN2O4S2. The van der Waals surface area contributed by atoms with E-state index < -0.39 is 9.84 Å². The molecule has 2 heterocycles. The summed E-state index contributed by atoms with van der Waals surface area (Å²) < 4.78 is 26.5. The van der Waals surface area contributed by atoms with Crippen LogP contribution < -0.4 is 0 Å². The minimum absolute atomic E-state index is 0.0378. The zero-order chi connectivity index (χ0) is 24.0. The van der Waals surface area contributed by atoms with Gasteiger partial charge in [0.2, 0.25) is 9.84 Å². The topological polar surface area (TPSA) is 83.9 Å². The van der Waals surface area contributed by atoms with Crippen LogP contribution in [0.5, 0.6) is 0 Å². The Morgan fingerprint density at radius 1 is 1.03 bits per heavy atom. The van der Waals surface area contributed by atoms with Crippen LogP contribution in [0.4, 0.5) is 5.69 Å². The van der Waals surface area contributed by atoms with E-state index in [9.17, 15) is 18.0 Å². The van der Waals surface area contributed by atoms with Crippen molar-refractivity contribution in [2.75, 3.05) is 12.3 Å². The standard InChI is InChI=1S/C25H19ClN2O4S2/c1-15-7-9-17(14-20(15)26)27-25-28(11-4-12-33-25)24(30)16-8-10-19-22(13-16)34(31,32)21-6-3-2-5-18(21)23(19)29/h2-3,5-10,13-14H,4,11-12H2,1H3. The van der Waals surface area contributed by atoms with Crippen LogP contribution in [0.3, 0.4) is 0 Å². The first-order valence-electron chi connectivity index (χ1n) is 10.6. The lowest BCUT2D eigenvalue weighted by atomic mass is 10.0. The fourth-order valence-electron chi connectivity index (χ4n) is 3.98. The maximum Gasteiger partial charge on any atom is 0.259 e. The van der Waals surface area contributed by atoms with Crippen LogP contribution in [0.2, 0.25) is 5.02 Å². The molecule has 0 aliphatic carbocycles. The van der Waals surface area contributed by atoms with Crippen molar-refractivity contribution in [3.05, 3.63) is 87.9 Å². The van der Waals surface area contributed by atoms with Crippen molar-refractivity contribution >= 4 is 55.7 Å². The van der Waals surface area contributed by atoms with Gasteiger partial charge in [0, 0.05) is 34.0 Å². The number of halogens is 1. The van der Waals surface area contributed by atoms with Crippen LogP contribution >= 0.6 is 23.4 Å². The Labute approximate surface area is 206 Å². The second kappa shape index (κ2) is 8.69. The van der Waals surface area contributed by atoms with E-state index >= 15 is 0 Å². The summed E-state index contributed by atoms with van der Waals surface area (Å²) in [5.41, 5.74) is 1.97. The molecule has 0 bridgehead atoms. The highest BCUT2D eigenvalue weighted by molar-refractivity contribution is 8.13. The van der Waals surface area contributed by atoms with Crippen molar-refractivity contribution < 1.29 is 18.0 Å². The molecule has 3 aromatic rings. The third-order valence-electron chi connectivity index (χ3n) is 5.80. The molecular weight excluding hydrogens is 492 g/mol. The number of carbonyl (C=O) groups excluding carboxylic acids is 2. The number of hydrogen-bond donors (Lipinski definition) is 0. The first-order chi connectivity index (χ1) is 16.3. The van der Waals surface area contributed by atoms with Crippen molar-refractivity contribution in [3.8, 4) is 0 Å². The average Bonchev–Trinajstić information content (AvgIpc) is 2.85. The Bertz CT molecular complexity index is 1500. The normalized spacial score (nSPS) is 17.9. The van der Waals surface area contributed by atoms with Crippen molar-refractivity contribution in [2.24, 2.45) is 4.99 Å². The lowest BCUT2D eigenvalue weighted by molar-refractivity contribution is 0.0848. The molecule has 0 N–H and O–H groups in total. The summed E-state index contributed by atoms with van der Waals surface area (Å²) in [5.74, 6) is 0.0754. The highest BCUT2D eigenvalue weighted by Crippen LogP contribution is 2.35. The molecule has 0 saturated carbocycles. The van der Waals surface area contributed by atoms with E-state index in [1.807, 2.05) is 19.1 Å². The predicted octanol–water partition coefficient (Wildman–Crippen LogP) is 5.29. The van der Waals surface area contributed by atoms with Gasteiger partial charge in [-0.05, 0) is 61.4 Å². The largest absolute Gasteiger partial charge is 0.289 e. The van der Waals surface area contributed by atoms with Gasteiger partial charge < -0.3 is 0 Å². The number of nitrogens with zero attached hydrogens (tertiary/aromatic N) is 2. The molecule has 9 heteroatoms. The molecule has 172 valence electrons. The summed E-state index contributed by atoms with van der Waals surface area (Å²) in [7, 11) is -3.93. The summed E-state index contributed by atoms with van der Waals surface area (Å²) in [6.45, 7) is 2.35. The van der Waals surface area contributed by atoms with Gasteiger partial charge in [-0.25, -0.2) is 13.4 Å². The van der Waals surface area contributed by atoms with Crippen LogP contribution in [0.1, 0.15) is 38.3 Å². The number of hydrogen-bond acceptors (Lipinski definition) is 6. The second-order valence-electron chi connectivity index (χ2n) is 8.03. The third kappa shape index (κ3) is 3.85. The van der Waals surface area contributed by atoms with E-state index in [-0.39, 0.29) is 38.2 Å². The fourth-order valence-corrected chi connectivity index (χ4v) is 6.78. The lowest BCUT2D eigenvalue weighted by Gasteiger charge is -2.28. The SMILES string of the molecule is Cc1ccc(N=C2SCCCN2C(=O)c2ccc3c(c2)S(=O)(=O)c2ccccc2C3=O)cc1Cl. The second-order valence-corrected chi connectivity index (χ2v) is 11.4. The van der Waals surface area contributed by atoms with Crippen LogP contribution in [-0.4, -0.2) is 42.5 Å². The molecule has 3 aromatic carbocycles. The molecule has 0 spiro atoms. The van der Waals surface area contributed by atoms with Crippen LogP contribution in [-0.2, 0) is 9.84 Å². The van der Waals surface area contributed by atoms with Gasteiger partial charge >= 0.3 is 0 Å². The predicted molar refractivity (Wildman–Crippen MR) is 133 cm³/mol. The number of benzene rings is 3. The van der Waals surface area contributed by atoms with Crippen molar-refractivity contribution in [3.63, 3.8) is 0 Å². The Morgan fingerprint density at radius 2 is 1.79 bits per heavy atom. The Balaban J connectivity index is 1.53. The monoisotopic (exact) mass is 510 g/mol. The maximum absolute atomic E-state index is 13.5. The van der Waals surface area contributed by atoms with Gasteiger partial charge in [-0.1, -0.05) is 41.6 Å². The van der Waals surface area contributed by atoms with Gasteiger partial charge in [0.25, 0.3) is 5.91 Å². The fraction of sp³-hybridized carbons (Fsp3) is 0.160. The molecule has 2 aliphatic heterocycles. The number of ketones is 1. The van der Waals surface area contributed by atoms with Gasteiger partial charge in [0.15, 0.2) is 11.0 Å². The molecule has 0 unspecified atom stereocenters. The number of rotatable bonds is 2. The van der Waals surface area contributed by atoms with E-state index in [4.69, 9.17) is 11.6 Å². The van der Waals surface area contributed by atoms with Crippen molar-refractivity contribution in [1.82, 2.24) is 4.90 Å². The molecule has 34 heavy (non-hydrogen) atoms. The highest BCUT2D eigenvalue weighted by atomic mass is 35.5. The first kappa shape index (κ1) is 22.8. The molecule has 1 fully saturated rings. The number of thioether (sulfide) groups is 1. The minimum atomic E-state index is -3.93. The number of fused-ring (bicyclic) bond motifs is 2. The summed E-state index contributed by atoms with van der Waals surface area (Å²) >= 11 is 7.69. The van der Waals surface area contributed by atoms with E-state index in [0.717, 1.165) is 17.7 Å². The summed E-state index contributed by atoms with van der Waals surface area (Å²) in [6.07, 6.45) is 0.777. The van der Waals surface area contributed by atoms with E-state index in [2.05, 4.69) is 4.99 Å². The number of sulfone groups is 1. The van der Waals surface area contributed by atoms with Gasteiger partial charge in [-0.2, -0.15) is 0 Å². The molecule has 0 atom stereocenters. The molecule has 6 nitrogen and oxygen atoms in total. The van der Waals surface area contributed by atoms with Crippen LogP contribution in [0, 0.1) is 6.92 Å².